The first-order valence-corrected chi connectivity index (χ1v) is 11.7. The number of hydrogen-bond donors (Lipinski definition) is 1. The smallest absolute Gasteiger partial charge is 0.326 e. The lowest BCUT2D eigenvalue weighted by Crippen LogP contribution is -2.44. The number of amides is 1. The van der Waals surface area contributed by atoms with Gasteiger partial charge in [-0.3, -0.25) is 19.8 Å². The molecule has 2 heterocycles. The van der Waals surface area contributed by atoms with Crippen LogP contribution in [-0.4, -0.2) is 49.2 Å². The summed E-state index contributed by atoms with van der Waals surface area (Å²) >= 11 is 7.76. The van der Waals surface area contributed by atoms with Crippen LogP contribution in [0, 0.1) is 17.0 Å². The van der Waals surface area contributed by atoms with Crippen molar-refractivity contribution in [2.45, 2.75) is 19.4 Å². The molecule has 1 atom stereocenters. The summed E-state index contributed by atoms with van der Waals surface area (Å²) in [5, 5.41) is 20.7. The first kappa shape index (κ1) is 23.0. The van der Waals surface area contributed by atoms with Crippen LogP contribution in [0.5, 0.6) is 0 Å². The van der Waals surface area contributed by atoms with E-state index in [2.05, 4.69) is 0 Å². The van der Waals surface area contributed by atoms with E-state index in [4.69, 9.17) is 16.6 Å². The Bertz CT molecular complexity index is 1090. The zero-order valence-corrected chi connectivity index (χ0v) is 19.0. The zero-order valence-electron chi connectivity index (χ0n) is 16.6. The molecule has 1 aromatic heterocycles. The first-order valence-electron chi connectivity index (χ1n) is 9.07. The Morgan fingerprint density at radius 2 is 2.16 bits per heavy atom. The van der Waals surface area contributed by atoms with Crippen molar-refractivity contribution in [3.63, 3.8) is 0 Å². The number of nitro groups is 1. The number of furan rings is 1. The van der Waals surface area contributed by atoms with E-state index in [0.717, 1.165) is 16.7 Å². The molecular formula is C20H18N2O6S3. The number of nitro benzene ring substituents is 1. The number of benzene rings is 1. The van der Waals surface area contributed by atoms with E-state index < -0.39 is 22.8 Å². The normalized spacial score (nSPS) is 16.2. The standard InChI is InChI=1S/C20H18N2O6S3/c1-11-3-4-12(9-15(11)22(26)27)16-6-5-13(28-16)10-17-18(23)21(20(29)31-17)14(19(24)25)7-8-30-2/h3-6,9-10,14H,7-8H2,1-2H3,(H,24,25)/b17-10+/t14-/m0/s1. The topological polar surface area (TPSA) is 114 Å². The lowest BCUT2D eigenvalue weighted by atomic mass is 10.1. The van der Waals surface area contributed by atoms with Gasteiger partial charge in [0.1, 0.15) is 21.9 Å². The second-order valence-electron chi connectivity index (χ2n) is 6.65. The van der Waals surface area contributed by atoms with Gasteiger partial charge in [0.05, 0.1) is 9.83 Å². The maximum absolute atomic E-state index is 12.8. The van der Waals surface area contributed by atoms with Gasteiger partial charge in [-0.2, -0.15) is 11.8 Å². The van der Waals surface area contributed by atoms with Gasteiger partial charge in [-0.25, -0.2) is 4.79 Å². The molecule has 1 amide bonds. The number of thioether (sulfide) groups is 2. The number of carbonyl (C=O) groups excluding carboxylic acids is 1. The molecule has 0 bridgehead atoms. The van der Waals surface area contributed by atoms with Crippen LogP contribution >= 0.6 is 35.7 Å². The maximum Gasteiger partial charge on any atom is 0.326 e. The Kier molecular flexibility index (Phi) is 7.19. The zero-order chi connectivity index (χ0) is 22.7. The lowest BCUT2D eigenvalue weighted by Gasteiger charge is -2.22. The Morgan fingerprint density at radius 3 is 2.81 bits per heavy atom. The predicted molar refractivity (Wildman–Crippen MR) is 125 cm³/mol. The summed E-state index contributed by atoms with van der Waals surface area (Å²) in [6.45, 7) is 1.65. The molecule has 1 fully saturated rings. The van der Waals surface area contributed by atoms with Crippen molar-refractivity contribution < 1.29 is 24.0 Å². The van der Waals surface area contributed by atoms with E-state index in [-0.39, 0.29) is 21.3 Å². The summed E-state index contributed by atoms with van der Waals surface area (Å²) < 4.78 is 5.94. The second-order valence-corrected chi connectivity index (χ2v) is 9.31. The molecular weight excluding hydrogens is 460 g/mol. The van der Waals surface area contributed by atoms with Crippen molar-refractivity contribution in [3.8, 4) is 11.3 Å². The van der Waals surface area contributed by atoms with Crippen molar-refractivity contribution in [1.82, 2.24) is 4.90 Å². The minimum Gasteiger partial charge on any atom is -0.480 e. The molecule has 0 radical (unpaired) electrons. The van der Waals surface area contributed by atoms with Gasteiger partial charge < -0.3 is 9.52 Å². The van der Waals surface area contributed by atoms with Crippen LogP contribution in [0.3, 0.4) is 0 Å². The third-order valence-corrected chi connectivity index (χ3v) is 6.58. The van der Waals surface area contributed by atoms with Crippen molar-refractivity contribution in [2.24, 2.45) is 0 Å². The summed E-state index contributed by atoms with van der Waals surface area (Å²) in [4.78, 5) is 36.6. The SMILES string of the molecule is CSCC[C@@H](C(=O)O)N1C(=O)/C(=C\c2ccc(-c3ccc(C)c([N+](=O)[O-])c3)o2)SC1=S. The largest absolute Gasteiger partial charge is 0.480 e. The highest BCUT2D eigenvalue weighted by atomic mass is 32.2. The van der Waals surface area contributed by atoms with Crippen LogP contribution in [0.2, 0.25) is 0 Å². The number of carboxylic acids is 1. The highest BCUT2D eigenvalue weighted by Crippen LogP contribution is 2.36. The minimum atomic E-state index is -1.10. The number of carboxylic acid groups (broad SMARTS) is 1. The second kappa shape index (κ2) is 9.67. The molecule has 2 aromatic rings. The summed E-state index contributed by atoms with van der Waals surface area (Å²) in [6, 6.07) is 7.05. The lowest BCUT2D eigenvalue weighted by molar-refractivity contribution is -0.385. The van der Waals surface area contributed by atoms with Crippen molar-refractivity contribution >= 4 is 63.7 Å². The van der Waals surface area contributed by atoms with E-state index in [9.17, 15) is 24.8 Å². The van der Waals surface area contributed by atoms with Gasteiger partial charge in [0.2, 0.25) is 0 Å². The van der Waals surface area contributed by atoms with Crippen molar-refractivity contribution in [2.75, 3.05) is 12.0 Å². The maximum atomic E-state index is 12.8. The molecule has 1 aromatic carbocycles. The Labute approximate surface area is 191 Å². The number of rotatable bonds is 8. The minimum absolute atomic E-state index is 0.0127. The molecule has 3 rings (SSSR count). The van der Waals surface area contributed by atoms with E-state index in [1.807, 2.05) is 6.26 Å². The van der Waals surface area contributed by atoms with Gasteiger partial charge >= 0.3 is 5.97 Å². The third-order valence-electron chi connectivity index (χ3n) is 4.61. The molecule has 0 saturated carbocycles. The van der Waals surface area contributed by atoms with Gasteiger partial charge in [-0.1, -0.05) is 36.1 Å². The highest BCUT2D eigenvalue weighted by molar-refractivity contribution is 8.26. The number of aliphatic carboxylic acids is 1. The molecule has 0 spiro atoms. The molecule has 11 heteroatoms. The summed E-state index contributed by atoms with van der Waals surface area (Å²) in [7, 11) is 0. The fourth-order valence-corrected chi connectivity index (χ4v) is 4.81. The molecule has 1 saturated heterocycles. The number of hydrogen-bond acceptors (Lipinski definition) is 8. The number of thiocarbonyl (C=S) groups is 1. The van der Waals surface area contributed by atoms with Crippen LogP contribution in [0.15, 0.2) is 39.7 Å². The average Bonchev–Trinajstić information content (AvgIpc) is 3.28. The molecule has 8 nitrogen and oxygen atoms in total. The fourth-order valence-electron chi connectivity index (χ4n) is 3.02. The number of carbonyl (C=O) groups is 2. The van der Waals surface area contributed by atoms with Crippen LogP contribution in [0.1, 0.15) is 17.7 Å². The van der Waals surface area contributed by atoms with Gasteiger partial charge in [0, 0.05) is 23.3 Å². The fraction of sp³-hybridized carbons (Fsp3) is 0.250. The van der Waals surface area contributed by atoms with Crippen LogP contribution in [-0.2, 0) is 9.59 Å². The molecule has 31 heavy (non-hydrogen) atoms. The molecule has 162 valence electrons. The monoisotopic (exact) mass is 478 g/mol. The van der Waals surface area contributed by atoms with E-state index in [1.165, 1.54) is 23.9 Å². The Morgan fingerprint density at radius 1 is 1.42 bits per heavy atom. The summed E-state index contributed by atoms with van der Waals surface area (Å²) in [5.41, 5.74) is 1.06. The van der Waals surface area contributed by atoms with Crippen LogP contribution < -0.4 is 0 Å². The van der Waals surface area contributed by atoms with Gasteiger partial charge in [-0.15, -0.1) is 0 Å². The summed E-state index contributed by atoms with van der Waals surface area (Å²) in [6.07, 6.45) is 3.65. The number of aryl methyl sites for hydroxylation is 1. The quantitative estimate of drug-likeness (QED) is 0.252. The Balaban J connectivity index is 1.85. The van der Waals surface area contributed by atoms with Crippen LogP contribution in [0.4, 0.5) is 5.69 Å². The molecule has 1 aliphatic heterocycles. The van der Waals surface area contributed by atoms with Gasteiger partial charge in [0.25, 0.3) is 11.6 Å². The van der Waals surface area contributed by atoms with Gasteiger partial charge in [-0.05, 0) is 37.5 Å². The van der Waals surface area contributed by atoms with E-state index in [1.54, 1.807) is 31.2 Å². The third kappa shape index (κ3) is 5.00. The average molecular weight is 479 g/mol. The van der Waals surface area contributed by atoms with Gasteiger partial charge in [0.15, 0.2) is 0 Å². The van der Waals surface area contributed by atoms with Crippen molar-refractivity contribution in [3.05, 3.63) is 56.7 Å². The number of nitrogens with zero attached hydrogens (tertiary/aromatic N) is 2. The molecule has 0 unspecified atom stereocenters. The van der Waals surface area contributed by atoms with Crippen LogP contribution in [0.25, 0.3) is 17.4 Å². The predicted octanol–water partition coefficient (Wildman–Crippen LogP) is 4.57. The summed E-state index contributed by atoms with van der Waals surface area (Å²) in [5.74, 6) is -0.236. The highest BCUT2D eigenvalue weighted by Gasteiger charge is 2.40. The first-order chi connectivity index (χ1) is 14.7. The molecule has 1 aliphatic rings. The molecule has 1 N–H and O–H groups in total. The van der Waals surface area contributed by atoms with E-state index in [0.29, 0.717) is 28.4 Å². The Hall–Kier alpha value is -2.63. The molecule has 0 aliphatic carbocycles. The van der Waals surface area contributed by atoms with Crippen molar-refractivity contribution in [1.29, 1.82) is 0 Å². The van der Waals surface area contributed by atoms with E-state index >= 15 is 0 Å².